The molecule has 6 aromatic rings. The molecule has 0 bridgehead atoms. The lowest BCUT2D eigenvalue weighted by atomic mass is 10.1. The maximum atomic E-state index is 4.99. The number of imidazole rings is 1. The fourth-order valence-electron chi connectivity index (χ4n) is 4.21. The Hall–Kier alpha value is -5.03. The smallest absolute Gasteiger partial charge is 0.237 e. The van der Waals surface area contributed by atoms with Crippen molar-refractivity contribution in [2.75, 3.05) is 4.90 Å². The molecular formula is C31H23N5. The molecule has 0 amide bonds. The first-order valence-electron chi connectivity index (χ1n) is 11.8. The molecule has 0 fully saturated rings. The summed E-state index contributed by atoms with van der Waals surface area (Å²) in [7, 11) is 0. The number of hydrogen-bond acceptors (Lipinski definition) is 4. The lowest BCUT2D eigenvalue weighted by molar-refractivity contribution is 0.917. The third kappa shape index (κ3) is 4.26. The van der Waals surface area contributed by atoms with E-state index < -0.39 is 0 Å². The summed E-state index contributed by atoms with van der Waals surface area (Å²) in [6, 6.07) is 42.8. The molecule has 36 heavy (non-hydrogen) atoms. The van der Waals surface area contributed by atoms with Crippen molar-refractivity contribution in [3.8, 4) is 28.5 Å². The maximum Gasteiger partial charge on any atom is 0.237 e. The summed E-state index contributed by atoms with van der Waals surface area (Å²) >= 11 is 0. The van der Waals surface area contributed by atoms with Gasteiger partial charge in [0.2, 0.25) is 11.9 Å². The second-order valence-corrected chi connectivity index (χ2v) is 8.27. The van der Waals surface area contributed by atoms with Crippen LogP contribution in [-0.2, 0) is 0 Å². The van der Waals surface area contributed by atoms with Gasteiger partial charge in [-0.2, -0.15) is 0 Å². The van der Waals surface area contributed by atoms with E-state index in [1.165, 1.54) is 0 Å². The lowest BCUT2D eigenvalue weighted by Gasteiger charge is -2.24. The Labute approximate surface area is 210 Å². The molecule has 0 aliphatic carbocycles. The minimum Gasteiger partial charge on any atom is -0.280 e. The fraction of sp³-hybridized carbons (Fsp3) is 0. The zero-order valence-electron chi connectivity index (χ0n) is 19.5. The highest BCUT2D eigenvalue weighted by molar-refractivity contribution is 5.74. The zero-order chi connectivity index (χ0) is 24.2. The van der Waals surface area contributed by atoms with Gasteiger partial charge in [0.15, 0.2) is 0 Å². The van der Waals surface area contributed by atoms with Crippen LogP contribution in [-0.4, -0.2) is 19.5 Å². The third-order valence-electron chi connectivity index (χ3n) is 5.92. The van der Waals surface area contributed by atoms with Crippen LogP contribution in [0.2, 0.25) is 0 Å². The summed E-state index contributed by atoms with van der Waals surface area (Å²) in [5, 5.41) is 0. The molecule has 0 radical (unpaired) electrons. The number of aromatic nitrogens is 4. The average molecular weight is 466 g/mol. The van der Waals surface area contributed by atoms with E-state index in [0.717, 1.165) is 33.9 Å². The first-order valence-corrected chi connectivity index (χ1v) is 11.8. The highest BCUT2D eigenvalue weighted by atomic mass is 15.3. The van der Waals surface area contributed by atoms with Gasteiger partial charge < -0.3 is 0 Å². The molecule has 172 valence electrons. The zero-order valence-corrected chi connectivity index (χ0v) is 19.5. The molecule has 0 aliphatic heterocycles. The van der Waals surface area contributed by atoms with Crippen LogP contribution in [0.5, 0.6) is 0 Å². The van der Waals surface area contributed by atoms with E-state index in [-0.39, 0.29) is 0 Å². The monoisotopic (exact) mass is 465 g/mol. The second-order valence-electron chi connectivity index (χ2n) is 8.27. The number of para-hydroxylation sites is 2. The molecule has 0 unspecified atom stereocenters. The van der Waals surface area contributed by atoms with Gasteiger partial charge in [-0.1, -0.05) is 97.1 Å². The van der Waals surface area contributed by atoms with Gasteiger partial charge in [-0.15, -0.1) is 0 Å². The molecule has 2 heterocycles. The van der Waals surface area contributed by atoms with E-state index in [1.807, 2.05) is 89.6 Å². The van der Waals surface area contributed by atoms with E-state index in [4.69, 9.17) is 15.0 Å². The minimum absolute atomic E-state index is 0.555. The molecule has 0 aliphatic rings. The normalized spacial score (nSPS) is 10.8. The summed E-state index contributed by atoms with van der Waals surface area (Å²) in [4.78, 5) is 16.8. The summed E-state index contributed by atoms with van der Waals surface area (Å²) in [5.41, 5.74) is 5.76. The standard InChI is InChI=1S/C31H23N5/c1-5-13-24(14-6-1)28-23-29(25-15-7-2-8-16-25)34-30(33-28)35-22-21-32-31(35)36(26-17-9-3-10-18-26)27-19-11-4-12-20-27/h1-23H. The topological polar surface area (TPSA) is 46.8 Å². The number of hydrogen-bond donors (Lipinski definition) is 0. The van der Waals surface area contributed by atoms with Gasteiger partial charge in [0.1, 0.15) is 0 Å². The lowest BCUT2D eigenvalue weighted by Crippen LogP contribution is -2.16. The van der Waals surface area contributed by atoms with Crippen LogP contribution in [0.1, 0.15) is 0 Å². The Balaban J connectivity index is 1.55. The van der Waals surface area contributed by atoms with Gasteiger partial charge in [0, 0.05) is 34.9 Å². The van der Waals surface area contributed by atoms with Gasteiger partial charge in [-0.05, 0) is 30.3 Å². The van der Waals surface area contributed by atoms with Crippen molar-refractivity contribution >= 4 is 17.3 Å². The first-order chi connectivity index (χ1) is 17.9. The van der Waals surface area contributed by atoms with Crippen LogP contribution >= 0.6 is 0 Å². The highest BCUT2D eigenvalue weighted by Gasteiger charge is 2.20. The van der Waals surface area contributed by atoms with E-state index >= 15 is 0 Å². The third-order valence-corrected chi connectivity index (χ3v) is 5.92. The van der Waals surface area contributed by atoms with Crippen LogP contribution in [0.4, 0.5) is 17.3 Å². The number of nitrogens with zero attached hydrogens (tertiary/aromatic N) is 5. The average Bonchev–Trinajstić information content (AvgIpc) is 3.44. The van der Waals surface area contributed by atoms with Gasteiger partial charge >= 0.3 is 0 Å². The molecule has 6 rings (SSSR count). The predicted octanol–water partition coefficient (Wildman–Crippen LogP) is 7.47. The van der Waals surface area contributed by atoms with E-state index in [2.05, 4.69) is 53.4 Å². The molecule has 0 spiro atoms. The maximum absolute atomic E-state index is 4.99. The Morgan fingerprint density at radius 3 is 1.44 bits per heavy atom. The quantitative estimate of drug-likeness (QED) is 0.256. The molecule has 0 saturated carbocycles. The largest absolute Gasteiger partial charge is 0.280 e. The Bertz CT molecular complexity index is 1470. The Kier molecular flexibility index (Phi) is 5.78. The van der Waals surface area contributed by atoms with Gasteiger partial charge in [-0.25, -0.2) is 15.0 Å². The molecule has 2 aromatic heterocycles. The van der Waals surface area contributed by atoms with Gasteiger partial charge in [0.05, 0.1) is 11.4 Å². The molecule has 5 nitrogen and oxygen atoms in total. The van der Waals surface area contributed by atoms with E-state index in [1.54, 1.807) is 6.20 Å². The van der Waals surface area contributed by atoms with Gasteiger partial charge in [-0.3, -0.25) is 9.47 Å². The van der Waals surface area contributed by atoms with E-state index in [9.17, 15) is 0 Å². The number of benzene rings is 4. The van der Waals surface area contributed by atoms with Crippen LogP contribution < -0.4 is 4.90 Å². The Morgan fingerprint density at radius 1 is 0.528 bits per heavy atom. The molecule has 4 aromatic carbocycles. The van der Waals surface area contributed by atoms with Gasteiger partial charge in [0.25, 0.3) is 0 Å². The molecular weight excluding hydrogens is 442 g/mol. The fourth-order valence-corrected chi connectivity index (χ4v) is 4.21. The SMILES string of the molecule is c1ccc(-c2cc(-c3ccccc3)nc(-n3ccnc3N(c3ccccc3)c3ccccc3)n2)cc1. The van der Waals surface area contributed by atoms with E-state index in [0.29, 0.717) is 11.9 Å². The van der Waals surface area contributed by atoms with Crippen LogP contribution in [0.3, 0.4) is 0 Å². The van der Waals surface area contributed by atoms with Crippen molar-refractivity contribution in [3.63, 3.8) is 0 Å². The van der Waals surface area contributed by atoms with Crippen LogP contribution in [0.15, 0.2) is 140 Å². The molecule has 0 N–H and O–H groups in total. The molecule has 5 heteroatoms. The van der Waals surface area contributed by atoms with Crippen molar-refractivity contribution in [2.45, 2.75) is 0 Å². The molecule has 0 saturated heterocycles. The van der Waals surface area contributed by atoms with Crippen molar-refractivity contribution in [2.24, 2.45) is 0 Å². The molecule has 0 atom stereocenters. The highest BCUT2D eigenvalue weighted by Crippen LogP contribution is 2.34. The summed E-state index contributed by atoms with van der Waals surface area (Å²) in [6.45, 7) is 0. The van der Waals surface area contributed by atoms with Crippen molar-refractivity contribution < 1.29 is 0 Å². The minimum atomic E-state index is 0.555. The van der Waals surface area contributed by atoms with Crippen molar-refractivity contribution in [1.29, 1.82) is 0 Å². The van der Waals surface area contributed by atoms with Crippen LogP contribution in [0.25, 0.3) is 28.5 Å². The number of anilines is 3. The van der Waals surface area contributed by atoms with Crippen LogP contribution in [0, 0.1) is 0 Å². The van der Waals surface area contributed by atoms with Crippen molar-refractivity contribution in [1.82, 2.24) is 19.5 Å². The first kappa shape index (κ1) is 21.5. The summed E-state index contributed by atoms with van der Waals surface area (Å²) in [6.07, 6.45) is 3.70. The second kappa shape index (κ2) is 9.68. The predicted molar refractivity (Wildman–Crippen MR) is 145 cm³/mol. The van der Waals surface area contributed by atoms with Crippen molar-refractivity contribution in [3.05, 3.63) is 140 Å². The summed E-state index contributed by atoms with van der Waals surface area (Å²) < 4.78 is 1.94. The Morgan fingerprint density at radius 2 is 0.972 bits per heavy atom. The number of rotatable bonds is 6. The summed E-state index contributed by atoms with van der Waals surface area (Å²) in [5.74, 6) is 1.26.